The lowest BCUT2D eigenvalue weighted by Gasteiger charge is -2.25. The van der Waals surface area contributed by atoms with Gasteiger partial charge in [-0.1, -0.05) is 110 Å². The highest BCUT2D eigenvalue weighted by molar-refractivity contribution is 6.51. The van der Waals surface area contributed by atoms with E-state index in [1.807, 2.05) is 20.8 Å². The molecule has 0 amide bonds. The third-order valence-corrected chi connectivity index (χ3v) is 7.47. The van der Waals surface area contributed by atoms with Crippen LogP contribution in [0.2, 0.25) is 0 Å². The highest BCUT2D eigenvalue weighted by atomic mass is 28.4. The molecule has 0 saturated heterocycles. The van der Waals surface area contributed by atoms with Crippen molar-refractivity contribution in [3.05, 3.63) is 0 Å². The Kier molecular flexibility index (Phi) is 21.3. The minimum Gasteiger partial charge on any atom is -0.367 e. The molecule has 0 aliphatic rings. The van der Waals surface area contributed by atoms with Gasteiger partial charge in [-0.2, -0.15) is 0 Å². The molecule has 176 valence electrons. The molecule has 0 saturated carbocycles. The molecule has 0 bridgehead atoms. The molecule has 0 aromatic heterocycles. The SMILES string of the molecule is CCCCCCCCCCCCCCCCCCC(C)O[Si](O)(OCC)OCC. The van der Waals surface area contributed by atoms with Crippen LogP contribution >= 0.6 is 0 Å². The molecule has 0 aliphatic carbocycles. The Morgan fingerprint density at radius 3 is 1.28 bits per heavy atom. The number of hydrogen-bond donors (Lipinski definition) is 1. The predicted octanol–water partition coefficient (Wildman–Crippen LogP) is 7.54. The lowest BCUT2D eigenvalue weighted by atomic mass is 10.0. The number of hydrogen-bond acceptors (Lipinski definition) is 4. The Balaban J connectivity index is 3.38. The standard InChI is InChI=1S/C24H52O4Si/c1-5-8-9-10-11-12-13-14-15-16-17-18-19-20-21-22-23-24(4)28-29(25,26-6-2)27-7-3/h24-25H,5-23H2,1-4H3. The maximum Gasteiger partial charge on any atom is 0.677 e. The maximum atomic E-state index is 10.3. The van der Waals surface area contributed by atoms with E-state index < -0.39 is 9.05 Å². The molecule has 0 aliphatic heterocycles. The zero-order valence-electron chi connectivity index (χ0n) is 20.2. The third-order valence-electron chi connectivity index (χ3n) is 5.47. The Morgan fingerprint density at radius 2 is 0.931 bits per heavy atom. The van der Waals surface area contributed by atoms with Gasteiger partial charge in [-0.25, -0.2) is 0 Å². The van der Waals surface area contributed by atoms with Crippen LogP contribution in [0, 0.1) is 0 Å². The van der Waals surface area contributed by atoms with Crippen molar-refractivity contribution < 1.29 is 18.1 Å². The van der Waals surface area contributed by atoms with Gasteiger partial charge < -0.3 is 18.1 Å². The van der Waals surface area contributed by atoms with Gasteiger partial charge in [-0.05, 0) is 27.2 Å². The minimum absolute atomic E-state index is 0.0172. The van der Waals surface area contributed by atoms with E-state index in [0.717, 1.165) is 12.8 Å². The molecule has 4 nitrogen and oxygen atoms in total. The van der Waals surface area contributed by atoms with E-state index in [9.17, 15) is 4.80 Å². The van der Waals surface area contributed by atoms with Crippen LogP contribution in [0.3, 0.4) is 0 Å². The first-order chi connectivity index (χ1) is 14.1. The minimum atomic E-state index is -3.42. The summed E-state index contributed by atoms with van der Waals surface area (Å²) in [5.41, 5.74) is 0. The molecule has 0 spiro atoms. The normalized spacial score (nSPS) is 13.1. The van der Waals surface area contributed by atoms with Crippen LogP contribution in [0.25, 0.3) is 0 Å². The van der Waals surface area contributed by atoms with Crippen molar-refractivity contribution in [2.75, 3.05) is 13.2 Å². The van der Waals surface area contributed by atoms with E-state index in [1.165, 1.54) is 96.3 Å². The summed E-state index contributed by atoms with van der Waals surface area (Å²) in [7, 11) is -3.42. The van der Waals surface area contributed by atoms with E-state index in [2.05, 4.69) is 6.92 Å². The van der Waals surface area contributed by atoms with Crippen LogP contribution in [0.1, 0.15) is 137 Å². The highest BCUT2D eigenvalue weighted by Gasteiger charge is 2.42. The summed E-state index contributed by atoms with van der Waals surface area (Å²) in [6, 6.07) is 0. The quantitative estimate of drug-likeness (QED) is 0.134. The topological polar surface area (TPSA) is 47.9 Å². The molecule has 0 aromatic rings. The van der Waals surface area contributed by atoms with Gasteiger partial charge in [0.25, 0.3) is 0 Å². The van der Waals surface area contributed by atoms with Crippen molar-refractivity contribution in [2.45, 2.75) is 143 Å². The molecule has 1 atom stereocenters. The first-order valence-corrected chi connectivity index (χ1v) is 14.4. The molecule has 0 fully saturated rings. The summed E-state index contributed by atoms with van der Waals surface area (Å²) in [5.74, 6) is 0. The molecule has 1 unspecified atom stereocenters. The summed E-state index contributed by atoms with van der Waals surface area (Å²) < 4.78 is 16.3. The summed E-state index contributed by atoms with van der Waals surface area (Å²) in [5, 5.41) is 0. The largest absolute Gasteiger partial charge is 0.677 e. The molecule has 0 rings (SSSR count). The van der Waals surface area contributed by atoms with E-state index in [0.29, 0.717) is 13.2 Å². The fourth-order valence-corrected chi connectivity index (χ4v) is 5.34. The van der Waals surface area contributed by atoms with Gasteiger partial charge in [0.05, 0.1) is 0 Å². The van der Waals surface area contributed by atoms with Crippen molar-refractivity contribution in [1.82, 2.24) is 0 Å². The Bertz CT molecular complexity index is 322. The molecule has 5 heteroatoms. The molecule has 0 heterocycles. The fourth-order valence-electron chi connectivity index (χ4n) is 3.77. The van der Waals surface area contributed by atoms with Crippen molar-refractivity contribution in [2.24, 2.45) is 0 Å². The summed E-state index contributed by atoms with van der Waals surface area (Å²) >= 11 is 0. The van der Waals surface area contributed by atoms with Crippen LogP contribution in [0.4, 0.5) is 0 Å². The summed E-state index contributed by atoms with van der Waals surface area (Å²) in [6.45, 7) is 8.80. The van der Waals surface area contributed by atoms with Crippen LogP contribution < -0.4 is 0 Å². The van der Waals surface area contributed by atoms with E-state index >= 15 is 0 Å². The monoisotopic (exact) mass is 432 g/mol. The van der Waals surface area contributed by atoms with Crippen molar-refractivity contribution >= 4 is 9.05 Å². The summed E-state index contributed by atoms with van der Waals surface area (Å²) in [6.07, 6.45) is 23.0. The van der Waals surface area contributed by atoms with Crippen LogP contribution in [0.15, 0.2) is 0 Å². The average Bonchev–Trinajstić information content (AvgIpc) is 2.67. The Hall–Kier alpha value is 0.0569. The number of rotatable bonds is 23. The lowest BCUT2D eigenvalue weighted by Crippen LogP contribution is -2.48. The smallest absolute Gasteiger partial charge is 0.367 e. The summed E-state index contributed by atoms with van der Waals surface area (Å²) in [4.78, 5) is 10.3. The van der Waals surface area contributed by atoms with Gasteiger partial charge in [0.15, 0.2) is 0 Å². The highest BCUT2D eigenvalue weighted by Crippen LogP contribution is 2.16. The molecule has 0 aromatic carbocycles. The van der Waals surface area contributed by atoms with Gasteiger partial charge in [0.2, 0.25) is 0 Å². The van der Waals surface area contributed by atoms with Crippen LogP contribution in [0.5, 0.6) is 0 Å². The lowest BCUT2D eigenvalue weighted by molar-refractivity contribution is -0.0260. The van der Waals surface area contributed by atoms with Gasteiger partial charge in [0, 0.05) is 19.3 Å². The average molecular weight is 433 g/mol. The van der Waals surface area contributed by atoms with Gasteiger partial charge in [0.1, 0.15) is 0 Å². The second-order valence-electron chi connectivity index (χ2n) is 8.41. The molecular formula is C24H52O4Si. The zero-order chi connectivity index (χ0) is 21.6. The molecule has 1 N–H and O–H groups in total. The van der Waals surface area contributed by atoms with Gasteiger partial charge >= 0.3 is 9.05 Å². The molecule has 29 heavy (non-hydrogen) atoms. The molecular weight excluding hydrogens is 380 g/mol. The van der Waals surface area contributed by atoms with E-state index in [1.54, 1.807) is 0 Å². The van der Waals surface area contributed by atoms with Crippen molar-refractivity contribution in [1.29, 1.82) is 0 Å². The van der Waals surface area contributed by atoms with Crippen LogP contribution in [-0.2, 0) is 13.3 Å². The van der Waals surface area contributed by atoms with Crippen molar-refractivity contribution in [3.8, 4) is 0 Å². The van der Waals surface area contributed by atoms with Crippen molar-refractivity contribution in [3.63, 3.8) is 0 Å². The van der Waals surface area contributed by atoms with Gasteiger partial charge in [-0.3, -0.25) is 0 Å². The fraction of sp³-hybridized carbons (Fsp3) is 1.00. The predicted molar refractivity (Wildman–Crippen MR) is 126 cm³/mol. The van der Waals surface area contributed by atoms with E-state index in [-0.39, 0.29) is 6.10 Å². The first-order valence-electron chi connectivity index (χ1n) is 12.8. The second kappa shape index (κ2) is 21.3. The molecule has 0 radical (unpaired) electrons. The number of unbranched alkanes of at least 4 members (excludes halogenated alkanes) is 15. The van der Waals surface area contributed by atoms with Gasteiger partial charge in [-0.15, -0.1) is 0 Å². The van der Waals surface area contributed by atoms with E-state index in [4.69, 9.17) is 13.3 Å². The Morgan fingerprint density at radius 1 is 0.586 bits per heavy atom. The maximum absolute atomic E-state index is 10.3. The first kappa shape index (κ1) is 29.1. The third kappa shape index (κ3) is 19.8. The zero-order valence-corrected chi connectivity index (χ0v) is 21.2. The van der Waals surface area contributed by atoms with Crippen LogP contribution in [-0.4, -0.2) is 33.2 Å². The Labute approximate surface area is 183 Å². The second-order valence-corrected chi connectivity index (χ2v) is 10.3.